The van der Waals surface area contributed by atoms with Gasteiger partial charge in [0.25, 0.3) is 0 Å². The van der Waals surface area contributed by atoms with Crippen LogP contribution in [0.15, 0.2) is 30.4 Å². The molecule has 2 nitrogen and oxygen atoms in total. The number of benzene rings is 1. The number of nitrogens with one attached hydrogen (secondary N) is 1. The van der Waals surface area contributed by atoms with Gasteiger partial charge in [-0.1, -0.05) is 41.4 Å². The standard InChI is InChI=1S/C13H13Cl2NO/c14-10-7-4-8-11(12(10)15)16-13(17)9-5-2-1-3-6-9/h1-2,4,7-9H,3,5-6H2,(H,16,17)/t9-/m0/s1. The van der Waals surface area contributed by atoms with Crippen LogP contribution in [-0.2, 0) is 4.79 Å². The predicted octanol–water partition coefficient (Wildman–Crippen LogP) is 4.29. The van der Waals surface area contributed by atoms with Crippen molar-refractivity contribution in [3.05, 3.63) is 40.4 Å². The molecule has 0 aromatic heterocycles. The quantitative estimate of drug-likeness (QED) is 0.798. The third kappa shape index (κ3) is 3.02. The van der Waals surface area contributed by atoms with Gasteiger partial charge in [0.15, 0.2) is 0 Å². The Hall–Kier alpha value is -0.990. The molecular formula is C13H13Cl2NO. The molecule has 17 heavy (non-hydrogen) atoms. The van der Waals surface area contributed by atoms with Crippen LogP contribution >= 0.6 is 23.2 Å². The summed E-state index contributed by atoms with van der Waals surface area (Å²) in [4.78, 5) is 12.0. The van der Waals surface area contributed by atoms with Gasteiger partial charge in [-0.05, 0) is 31.4 Å². The van der Waals surface area contributed by atoms with Crippen LogP contribution in [0.25, 0.3) is 0 Å². The highest BCUT2D eigenvalue weighted by molar-refractivity contribution is 6.43. The van der Waals surface area contributed by atoms with E-state index in [1.54, 1.807) is 18.2 Å². The van der Waals surface area contributed by atoms with Crippen molar-refractivity contribution in [3.63, 3.8) is 0 Å². The fourth-order valence-electron chi connectivity index (χ4n) is 1.87. The monoisotopic (exact) mass is 269 g/mol. The fraction of sp³-hybridized carbons (Fsp3) is 0.308. The molecule has 1 atom stereocenters. The van der Waals surface area contributed by atoms with Crippen molar-refractivity contribution in [1.29, 1.82) is 0 Å². The maximum Gasteiger partial charge on any atom is 0.227 e. The molecule has 1 aromatic carbocycles. The van der Waals surface area contributed by atoms with Gasteiger partial charge >= 0.3 is 0 Å². The Labute approximate surface area is 111 Å². The minimum atomic E-state index is 0.0125. The molecule has 0 aliphatic heterocycles. The van der Waals surface area contributed by atoms with Crippen molar-refractivity contribution in [1.82, 2.24) is 0 Å². The molecule has 90 valence electrons. The molecule has 0 saturated heterocycles. The zero-order valence-corrected chi connectivity index (χ0v) is 10.8. The Bertz CT molecular complexity index is 457. The first-order valence-corrected chi connectivity index (χ1v) is 6.34. The van der Waals surface area contributed by atoms with Crippen LogP contribution in [0, 0.1) is 5.92 Å². The summed E-state index contributed by atoms with van der Waals surface area (Å²) in [6.45, 7) is 0. The predicted molar refractivity (Wildman–Crippen MR) is 71.6 cm³/mol. The molecule has 1 N–H and O–H groups in total. The molecule has 0 saturated carbocycles. The number of halogens is 2. The normalized spacial score (nSPS) is 19.1. The summed E-state index contributed by atoms with van der Waals surface area (Å²) in [7, 11) is 0. The average molecular weight is 270 g/mol. The molecular weight excluding hydrogens is 257 g/mol. The smallest absolute Gasteiger partial charge is 0.227 e. The summed E-state index contributed by atoms with van der Waals surface area (Å²) in [6, 6.07) is 5.22. The van der Waals surface area contributed by atoms with Crippen LogP contribution in [0.2, 0.25) is 10.0 Å². The zero-order valence-electron chi connectivity index (χ0n) is 9.25. The minimum absolute atomic E-state index is 0.0125. The second-order valence-corrected chi connectivity index (χ2v) is 4.86. The number of allylic oxidation sites excluding steroid dienone is 2. The van der Waals surface area contributed by atoms with Crippen molar-refractivity contribution >= 4 is 34.8 Å². The molecule has 4 heteroatoms. The summed E-state index contributed by atoms with van der Waals surface area (Å²) < 4.78 is 0. The van der Waals surface area contributed by atoms with Crippen LogP contribution in [0.1, 0.15) is 19.3 Å². The van der Waals surface area contributed by atoms with Crippen molar-refractivity contribution in [3.8, 4) is 0 Å². The lowest BCUT2D eigenvalue weighted by Gasteiger charge is -2.17. The van der Waals surface area contributed by atoms with E-state index in [4.69, 9.17) is 23.2 Å². The summed E-state index contributed by atoms with van der Waals surface area (Å²) in [5, 5.41) is 3.68. The number of rotatable bonds is 2. The topological polar surface area (TPSA) is 29.1 Å². The lowest BCUT2D eigenvalue weighted by molar-refractivity contribution is -0.120. The first-order chi connectivity index (χ1) is 8.18. The highest BCUT2D eigenvalue weighted by Gasteiger charge is 2.19. The lowest BCUT2D eigenvalue weighted by Crippen LogP contribution is -2.23. The van der Waals surface area contributed by atoms with Crippen LogP contribution in [0.3, 0.4) is 0 Å². The second-order valence-electron chi connectivity index (χ2n) is 4.07. The van der Waals surface area contributed by atoms with Gasteiger partial charge in [-0.15, -0.1) is 0 Å². The molecule has 2 rings (SSSR count). The summed E-state index contributed by atoms with van der Waals surface area (Å²) >= 11 is 11.9. The Kier molecular flexibility index (Phi) is 4.08. The van der Waals surface area contributed by atoms with Crippen molar-refractivity contribution < 1.29 is 4.79 Å². The average Bonchev–Trinajstić information content (AvgIpc) is 2.36. The Balaban J connectivity index is 2.07. The fourth-order valence-corrected chi connectivity index (χ4v) is 2.21. The van der Waals surface area contributed by atoms with Crippen LogP contribution in [-0.4, -0.2) is 5.91 Å². The van der Waals surface area contributed by atoms with Gasteiger partial charge in [0.1, 0.15) is 0 Å². The van der Waals surface area contributed by atoms with E-state index in [1.807, 2.05) is 6.08 Å². The molecule has 1 aromatic rings. The van der Waals surface area contributed by atoms with Crippen molar-refractivity contribution in [2.24, 2.45) is 5.92 Å². The van der Waals surface area contributed by atoms with Gasteiger partial charge in [0.05, 0.1) is 15.7 Å². The van der Waals surface area contributed by atoms with E-state index in [0.717, 1.165) is 19.3 Å². The van der Waals surface area contributed by atoms with Gasteiger partial charge in [-0.25, -0.2) is 0 Å². The molecule has 1 aliphatic carbocycles. The number of carbonyl (C=O) groups is 1. The maximum atomic E-state index is 12.0. The molecule has 0 radical (unpaired) electrons. The first-order valence-electron chi connectivity index (χ1n) is 5.58. The lowest BCUT2D eigenvalue weighted by atomic mass is 9.93. The van der Waals surface area contributed by atoms with Gasteiger partial charge in [0.2, 0.25) is 5.91 Å². The van der Waals surface area contributed by atoms with E-state index in [2.05, 4.69) is 11.4 Å². The third-order valence-corrected chi connectivity index (χ3v) is 3.67. The molecule has 0 fully saturated rings. The van der Waals surface area contributed by atoms with E-state index in [9.17, 15) is 4.79 Å². The number of hydrogen-bond donors (Lipinski definition) is 1. The van der Waals surface area contributed by atoms with Crippen LogP contribution in [0.4, 0.5) is 5.69 Å². The van der Waals surface area contributed by atoms with Crippen LogP contribution < -0.4 is 5.32 Å². The van der Waals surface area contributed by atoms with Crippen LogP contribution in [0.5, 0.6) is 0 Å². The molecule has 0 bridgehead atoms. The van der Waals surface area contributed by atoms with Gasteiger partial charge < -0.3 is 5.32 Å². The molecule has 1 amide bonds. The highest BCUT2D eigenvalue weighted by Crippen LogP contribution is 2.30. The van der Waals surface area contributed by atoms with Gasteiger partial charge in [0, 0.05) is 5.92 Å². The summed E-state index contributed by atoms with van der Waals surface area (Å²) in [6.07, 6.45) is 6.80. The SMILES string of the molecule is O=C(Nc1cccc(Cl)c1Cl)[C@H]1CC=CCC1. The van der Waals surface area contributed by atoms with E-state index in [0.29, 0.717) is 15.7 Å². The molecule has 1 aliphatic rings. The Morgan fingerprint density at radius 2 is 2.12 bits per heavy atom. The highest BCUT2D eigenvalue weighted by atomic mass is 35.5. The number of anilines is 1. The van der Waals surface area contributed by atoms with E-state index in [-0.39, 0.29) is 11.8 Å². The van der Waals surface area contributed by atoms with Crippen molar-refractivity contribution in [2.75, 3.05) is 5.32 Å². The molecule has 0 heterocycles. The number of carbonyl (C=O) groups excluding carboxylic acids is 1. The first kappa shape index (κ1) is 12.5. The number of hydrogen-bond acceptors (Lipinski definition) is 1. The van der Waals surface area contributed by atoms with E-state index >= 15 is 0 Å². The Morgan fingerprint density at radius 1 is 1.29 bits per heavy atom. The second kappa shape index (κ2) is 5.56. The molecule has 0 unspecified atom stereocenters. The summed E-state index contributed by atoms with van der Waals surface area (Å²) in [5.41, 5.74) is 0.582. The number of amides is 1. The zero-order chi connectivity index (χ0) is 12.3. The maximum absolute atomic E-state index is 12.0. The third-order valence-electron chi connectivity index (χ3n) is 2.85. The van der Waals surface area contributed by atoms with Gasteiger partial charge in [-0.2, -0.15) is 0 Å². The largest absolute Gasteiger partial charge is 0.324 e. The van der Waals surface area contributed by atoms with E-state index in [1.165, 1.54) is 0 Å². The minimum Gasteiger partial charge on any atom is -0.324 e. The van der Waals surface area contributed by atoms with E-state index < -0.39 is 0 Å². The molecule has 0 spiro atoms. The Morgan fingerprint density at radius 3 is 2.82 bits per heavy atom. The summed E-state index contributed by atoms with van der Waals surface area (Å²) in [5.74, 6) is 0.0496. The van der Waals surface area contributed by atoms with Crippen molar-refractivity contribution in [2.45, 2.75) is 19.3 Å². The van der Waals surface area contributed by atoms with Gasteiger partial charge in [-0.3, -0.25) is 4.79 Å².